The Hall–Kier alpha value is -1.36. The number of aryl methyl sites for hydroxylation is 1. The molecule has 0 aromatic carbocycles. The summed E-state index contributed by atoms with van der Waals surface area (Å²) in [6.45, 7) is 2.57. The molecule has 2 aliphatic rings. The smallest absolute Gasteiger partial charge is 0.259 e. The van der Waals surface area contributed by atoms with Crippen molar-refractivity contribution in [1.82, 2.24) is 10.1 Å². The highest BCUT2D eigenvalue weighted by Gasteiger charge is 2.47. The Balaban J connectivity index is 1.77. The minimum absolute atomic E-state index is 0.0470. The van der Waals surface area contributed by atoms with Crippen LogP contribution in [-0.4, -0.2) is 41.8 Å². The van der Waals surface area contributed by atoms with E-state index in [2.05, 4.69) is 5.16 Å². The van der Waals surface area contributed by atoms with Crippen LogP contribution in [0, 0.1) is 12.8 Å². The molecular formula is C12H16N2O3. The van der Waals surface area contributed by atoms with E-state index in [-0.39, 0.29) is 5.91 Å². The average Bonchev–Trinajstić information content (AvgIpc) is 3.01. The molecule has 1 amide bonds. The fourth-order valence-electron chi connectivity index (χ4n) is 3.10. The summed E-state index contributed by atoms with van der Waals surface area (Å²) in [6.07, 6.45) is 3.86. The maximum atomic E-state index is 12.3. The predicted octanol–water partition coefficient (Wildman–Crippen LogP) is 1.23. The molecule has 1 aromatic rings. The van der Waals surface area contributed by atoms with Crippen LogP contribution in [-0.2, 0) is 4.74 Å². The molecule has 0 N–H and O–H groups in total. The highest BCUT2D eigenvalue weighted by molar-refractivity contribution is 5.95. The summed E-state index contributed by atoms with van der Waals surface area (Å²) >= 11 is 0. The molecule has 5 nitrogen and oxygen atoms in total. The van der Waals surface area contributed by atoms with Crippen molar-refractivity contribution in [3.8, 4) is 0 Å². The van der Waals surface area contributed by atoms with E-state index in [0.717, 1.165) is 19.4 Å². The fraction of sp³-hybridized carbons (Fsp3) is 0.667. The number of aromatic nitrogens is 1. The summed E-state index contributed by atoms with van der Waals surface area (Å²) in [5, 5.41) is 3.66. The minimum Gasteiger partial charge on any atom is -0.381 e. The Bertz CT molecular complexity index is 443. The lowest BCUT2D eigenvalue weighted by molar-refractivity contribution is 0.0294. The molecular weight excluding hydrogens is 220 g/mol. The van der Waals surface area contributed by atoms with Crippen molar-refractivity contribution < 1.29 is 14.1 Å². The number of nitrogens with zero attached hydrogens (tertiary/aromatic N) is 2. The summed E-state index contributed by atoms with van der Waals surface area (Å²) in [6, 6.07) is 0.326. The summed E-state index contributed by atoms with van der Waals surface area (Å²) in [5.41, 5.74) is 0.589. The van der Waals surface area contributed by atoms with Gasteiger partial charge in [-0.2, -0.15) is 0 Å². The van der Waals surface area contributed by atoms with Crippen LogP contribution in [0.4, 0.5) is 0 Å². The number of amides is 1. The predicted molar refractivity (Wildman–Crippen MR) is 59.6 cm³/mol. The molecule has 17 heavy (non-hydrogen) atoms. The third-order valence-electron chi connectivity index (χ3n) is 4.02. The van der Waals surface area contributed by atoms with Gasteiger partial charge < -0.3 is 14.2 Å². The highest BCUT2D eigenvalue weighted by Crippen LogP contribution is 2.39. The third kappa shape index (κ3) is 1.57. The van der Waals surface area contributed by atoms with Gasteiger partial charge in [-0.05, 0) is 19.8 Å². The molecule has 3 rings (SSSR count). The second kappa shape index (κ2) is 3.84. The standard InChI is InChI=1S/C12H16N2O3/c1-7-10(5-13-17-7)12(15)14-6-8-3-9(14)4-11(8)16-2/h5,8-9,11H,3-4,6H2,1-2H3/t8-,9+,11-/m0/s1. The zero-order valence-corrected chi connectivity index (χ0v) is 10.0. The fourth-order valence-corrected chi connectivity index (χ4v) is 3.10. The van der Waals surface area contributed by atoms with E-state index >= 15 is 0 Å². The summed E-state index contributed by atoms with van der Waals surface area (Å²) in [5.74, 6) is 1.14. The van der Waals surface area contributed by atoms with Crippen molar-refractivity contribution in [2.24, 2.45) is 5.92 Å². The van der Waals surface area contributed by atoms with Gasteiger partial charge >= 0.3 is 0 Å². The van der Waals surface area contributed by atoms with Gasteiger partial charge in [0.25, 0.3) is 5.91 Å². The molecule has 0 spiro atoms. The number of ether oxygens (including phenoxy) is 1. The quantitative estimate of drug-likeness (QED) is 0.775. The highest BCUT2D eigenvalue weighted by atomic mass is 16.5. The molecule has 1 aliphatic heterocycles. The number of methoxy groups -OCH3 is 1. The molecule has 1 aliphatic carbocycles. The van der Waals surface area contributed by atoms with Crippen molar-refractivity contribution in [3.05, 3.63) is 17.5 Å². The van der Waals surface area contributed by atoms with E-state index in [1.807, 2.05) is 4.90 Å². The van der Waals surface area contributed by atoms with Gasteiger partial charge in [-0.15, -0.1) is 0 Å². The number of fused-ring (bicyclic) bond motifs is 2. The average molecular weight is 236 g/mol. The first-order valence-electron chi connectivity index (χ1n) is 5.95. The minimum atomic E-state index is 0.0470. The molecule has 2 bridgehead atoms. The van der Waals surface area contributed by atoms with Crippen LogP contribution in [0.1, 0.15) is 29.0 Å². The molecule has 0 radical (unpaired) electrons. The second-order valence-electron chi connectivity index (χ2n) is 4.91. The molecule has 1 saturated heterocycles. The van der Waals surface area contributed by atoms with Crippen molar-refractivity contribution in [2.45, 2.75) is 31.9 Å². The summed E-state index contributed by atoms with van der Waals surface area (Å²) in [4.78, 5) is 14.2. The molecule has 1 saturated carbocycles. The van der Waals surface area contributed by atoms with E-state index in [1.165, 1.54) is 6.20 Å². The van der Waals surface area contributed by atoms with Gasteiger partial charge in [0.2, 0.25) is 0 Å². The van der Waals surface area contributed by atoms with Crippen LogP contribution in [0.5, 0.6) is 0 Å². The second-order valence-corrected chi connectivity index (χ2v) is 4.91. The van der Waals surface area contributed by atoms with Gasteiger partial charge in [-0.1, -0.05) is 5.16 Å². The number of carbonyl (C=O) groups excluding carboxylic acids is 1. The van der Waals surface area contributed by atoms with Crippen molar-refractivity contribution in [2.75, 3.05) is 13.7 Å². The van der Waals surface area contributed by atoms with Crippen LogP contribution < -0.4 is 0 Å². The van der Waals surface area contributed by atoms with E-state index in [1.54, 1.807) is 14.0 Å². The maximum Gasteiger partial charge on any atom is 0.259 e. The first-order valence-corrected chi connectivity index (χ1v) is 5.95. The Morgan fingerprint density at radius 1 is 1.59 bits per heavy atom. The van der Waals surface area contributed by atoms with Crippen LogP contribution in [0.3, 0.4) is 0 Å². The van der Waals surface area contributed by atoms with Crippen molar-refractivity contribution in [3.63, 3.8) is 0 Å². The molecule has 2 heterocycles. The number of carbonyl (C=O) groups is 1. The topological polar surface area (TPSA) is 55.6 Å². The Morgan fingerprint density at radius 2 is 2.41 bits per heavy atom. The van der Waals surface area contributed by atoms with E-state index in [4.69, 9.17) is 9.26 Å². The maximum absolute atomic E-state index is 12.3. The van der Waals surface area contributed by atoms with E-state index < -0.39 is 0 Å². The zero-order chi connectivity index (χ0) is 12.0. The van der Waals surface area contributed by atoms with Gasteiger partial charge in [-0.25, -0.2) is 0 Å². The van der Waals surface area contributed by atoms with Gasteiger partial charge in [-0.3, -0.25) is 4.79 Å². The van der Waals surface area contributed by atoms with Gasteiger partial charge in [0.1, 0.15) is 11.3 Å². The molecule has 1 aromatic heterocycles. The number of rotatable bonds is 2. The molecule has 92 valence electrons. The molecule has 0 unspecified atom stereocenters. The number of hydrogen-bond acceptors (Lipinski definition) is 4. The van der Waals surface area contributed by atoms with Crippen molar-refractivity contribution in [1.29, 1.82) is 0 Å². The Morgan fingerprint density at radius 3 is 2.94 bits per heavy atom. The lowest BCUT2D eigenvalue weighted by atomic mass is 10.1. The van der Waals surface area contributed by atoms with Gasteiger partial charge in [0.05, 0.1) is 12.3 Å². The van der Waals surface area contributed by atoms with Gasteiger partial charge in [0.15, 0.2) is 0 Å². The Kier molecular flexibility index (Phi) is 2.43. The number of hydrogen-bond donors (Lipinski definition) is 0. The van der Waals surface area contributed by atoms with Crippen LogP contribution in [0.15, 0.2) is 10.7 Å². The molecule has 5 heteroatoms. The largest absolute Gasteiger partial charge is 0.381 e. The monoisotopic (exact) mass is 236 g/mol. The van der Waals surface area contributed by atoms with Crippen LogP contribution in [0.25, 0.3) is 0 Å². The van der Waals surface area contributed by atoms with E-state index in [9.17, 15) is 4.79 Å². The summed E-state index contributed by atoms with van der Waals surface area (Å²) in [7, 11) is 1.75. The van der Waals surface area contributed by atoms with E-state index in [0.29, 0.717) is 29.4 Å². The lowest BCUT2D eigenvalue weighted by Gasteiger charge is -2.30. The summed E-state index contributed by atoms with van der Waals surface area (Å²) < 4.78 is 10.4. The number of piperidine rings is 1. The first kappa shape index (κ1) is 10.8. The first-order chi connectivity index (χ1) is 8.20. The van der Waals surface area contributed by atoms with Gasteiger partial charge in [0, 0.05) is 25.6 Å². The normalized spacial score (nSPS) is 31.2. The van der Waals surface area contributed by atoms with Crippen LogP contribution in [0.2, 0.25) is 0 Å². The third-order valence-corrected chi connectivity index (χ3v) is 4.02. The van der Waals surface area contributed by atoms with Crippen molar-refractivity contribution >= 4 is 5.91 Å². The molecule has 3 atom stereocenters. The molecule has 2 fully saturated rings. The number of likely N-dealkylation sites (tertiary alicyclic amines) is 1. The lowest BCUT2D eigenvalue weighted by Crippen LogP contribution is -2.42. The zero-order valence-electron chi connectivity index (χ0n) is 10.0. The SMILES string of the molecule is CO[C@H]1C[C@H]2C[C@H]1CN2C(=O)c1cnoc1C. The van der Waals surface area contributed by atoms with Crippen LogP contribution >= 0.6 is 0 Å². The Labute approximate surface area is 99.7 Å².